The molecule has 0 aliphatic carbocycles. The first kappa shape index (κ1) is 16.0. The number of nitrogens with one attached hydrogen (secondary N) is 2. The molecule has 4 N–H and O–H groups in total. The van der Waals surface area contributed by atoms with E-state index in [9.17, 15) is 9.59 Å². The van der Waals surface area contributed by atoms with Crippen molar-refractivity contribution in [2.75, 3.05) is 5.32 Å². The number of primary amides is 1. The number of urea groups is 1. The highest BCUT2D eigenvalue weighted by molar-refractivity contribution is 7.14. The number of benzene rings is 1. The highest BCUT2D eigenvalue weighted by atomic mass is 32.1. The summed E-state index contributed by atoms with van der Waals surface area (Å²) in [6, 6.07) is 8.82. The van der Waals surface area contributed by atoms with Gasteiger partial charge >= 0.3 is 6.03 Å². The van der Waals surface area contributed by atoms with Crippen LogP contribution < -0.4 is 16.4 Å². The molecule has 0 spiro atoms. The van der Waals surface area contributed by atoms with Crippen LogP contribution in [0.1, 0.15) is 38.6 Å². The number of aryl methyl sites for hydroxylation is 2. The van der Waals surface area contributed by atoms with Gasteiger partial charge in [-0.05, 0) is 44.5 Å². The molecule has 116 valence electrons. The third kappa shape index (κ3) is 3.85. The van der Waals surface area contributed by atoms with Crippen LogP contribution in [0.4, 0.5) is 10.5 Å². The zero-order chi connectivity index (χ0) is 16.3. The Morgan fingerprint density at radius 1 is 1.18 bits per heavy atom. The average Bonchev–Trinajstić information content (AvgIpc) is 2.92. The first-order chi connectivity index (χ1) is 10.4. The predicted octanol–water partition coefficient (Wildman–Crippen LogP) is 3.35. The van der Waals surface area contributed by atoms with E-state index in [4.69, 9.17) is 5.73 Å². The van der Waals surface area contributed by atoms with E-state index in [0.717, 1.165) is 21.7 Å². The summed E-state index contributed by atoms with van der Waals surface area (Å²) >= 11 is 1.29. The van der Waals surface area contributed by atoms with Gasteiger partial charge in [0.1, 0.15) is 0 Å². The molecule has 1 unspecified atom stereocenters. The fraction of sp³-hybridized carbons (Fsp3) is 0.250. The maximum absolute atomic E-state index is 12.1. The molecule has 3 amide bonds. The van der Waals surface area contributed by atoms with E-state index >= 15 is 0 Å². The van der Waals surface area contributed by atoms with E-state index in [0.29, 0.717) is 4.88 Å². The van der Waals surface area contributed by atoms with Crippen molar-refractivity contribution in [3.8, 4) is 0 Å². The maximum Gasteiger partial charge on any atom is 0.319 e. The van der Waals surface area contributed by atoms with E-state index in [1.807, 2.05) is 39.0 Å². The second kappa shape index (κ2) is 6.62. The van der Waals surface area contributed by atoms with E-state index in [1.54, 1.807) is 12.1 Å². The minimum atomic E-state index is -0.455. The third-order valence-electron chi connectivity index (χ3n) is 3.27. The molecule has 0 fully saturated rings. The number of thiophene rings is 1. The van der Waals surface area contributed by atoms with Crippen molar-refractivity contribution in [3.63, 3.8) is 0 Å². The number of carbonyl (C=O) groups is 2. The first-order valence-electron chi connectivity index (χ1n) is 6.91. The molecule has 0 saturated heterocycles. The monoisotopic (exact) mass is 317 g/mol. The smallest absolute Gasteiger partial charge is 0.319 e. The molecule has 0 aliphatic heterocycles. The fourth-order valence-corrected chi connectivity index (χ4v) is 2.96. The molecular formula is C16H19N3O2S. The summed E-state index contributed by atoms with van der Waals surface area (Å²) in [7, 11) is 0. The Kier molecular flexibility index (Phi) is 4.82. The third-order valence-corrected chi connectivity index (χ3v) is 4.56. The predicted molar refractivity (Wildman–Crippen MR) is 89.3 cm³/mol. The van der Waals surface area contributed by atoms with Gasteiger partial charge in [0.25, 0.3) is 5.91 Å². The summed E-state index contributed by atoms with van der Waals surface area (Å²) in [4.78, 5) is 24.5. The van der Waals surface area contributed by atoms with Crippen LogP contribution in [0.25, 0.3) is 0 Å². The quantitative estimate of drug-likeness (QED) is 0.808. The molecule has 2 aromatic rings. The topological polar surface area (TPSA) is 84.2 Å². The van der Waals surface area contributed by atoms with Gasteiger partial charge in [-0.2, -0.15) is 0 Å². The van der Waals surface area contributed by atoms with Gasteiger partial charge in [0.15, 0.2) is 0 Å². The SMILES string of the molecule is Cc1ccc(NC(=O)NC(C)c2ccc(C(N)=O)s2)c(C)c1. The first-order valence-corrected chi connectivity index (χ1v) is 7.73. The normalized spacial score (nSPS) is 11.8. The van der Waals surface area contributed by atoms with Gasteiger partial charge in [0, 0.05) is 10.6 Å². The molecule has 1 heterocycles. The number of carbonyl (C=O) groups excluding carboxylic acids is 2. The van der Waals surface area contributed by atoms with E-state index < -0.39 is 5.91 Å². The van der Waals surface area contributed by atoms with E-state index in [1.165, 1.54) is 11.3 Å². The Bertz CT molecular complexity index is 709. The molecule has 22 heavy (non-hydrogen) atoms. The number of amides is 3. The Balaban J connectivity index is 2.00. The van der Waals surface area contributed by atoms with Crippen LogP contribution in [0, 0.1) is 13.8 Å². The van der Waals surface area contributed by atoms with Crippen LogP contribution >= 0.6 is 11.3 Å². The molecule has 0 saturated carbocycles. The second-order valence-electron chi connectivity index (χ2n) is 5.20. The minimum Gasteiger partial charge on any atom is -0.365 e. The fourth-order valence-electron chi connectivity index (χ4n) is 2.10. The van der Waals surface area contributed by atoms with Crippen LogP contribution in [0.5, 0.6) is 0 Å². The molecule has 0 aliphatic rings. The van der Waals surface area contributed by atoms with Crippen molar-refractivity contribution in [2.24, 2.45) is 5.73 Å². The Labute approximate surface area is 133 Å². The van der Waals surface area contributed by atoms with Gasteiger partial charge in [0.2, 0.25) is 0 Å². The van der Waals surface area contributed by atoms with Gasteiger partial charge < -0.3 is 16.4 Å². The van der Waals surface area contributed by atoms with Gasteiger partial charge in [-0.3, -0.25) is 4.79 Å². The lowest BCUT2D eigenvalue weighted by Crippen LogP contribution is -2.31. The number of anilines is 1. The van der Waals surface area contributed by atoms with Crippen molar-refractivity contribution in [2.45, 2.75) is 26.8 Å². The summed E-state index contributed by atoms with van der Waals surface area (Å²) in [6.45, 7) is 5.81. The Morgan fingerprint density at radius 2 is 1.91 bits per heavy atom. The van der Waals surface area contributed by atoms with E-state index in [2.05, 4.69) is 10.6 Å². The standard InChI is InChI=1S/C16H19N3O2S/c1-9-4-5-12(10(2)8-9)19-16(21)18-11(3)13-6-7-14(22-13)15(17)20/h4-8,11H,1-3H3,(H2,17,20)(H2,18,19,21). The molecule has 2 rings (SSSR count). The van der Waals surface area contributed by atoms with Crippen LogP contribution in [0.3, 0.4) is 0 Å². The van der Waals surface area contributed by atoms with Crippen molar-refractivity contribution < 1.29 is 9.59 Å². The molecule has 6 heteroatoms. The van der Waals surface area contributed by atoms with Crippen LogP contribution in [-0.4, -0.2) is 11.9 Å². The lowest BCUT2D eigenvalue weighted by atomic mass is 10.1. The molecule has 1 atom stereocenters. The summed E-state index contributed by atoms with van der Waals surface area (Å²) in [5.41, 5.74) is 8.17. The zero-order valence-electron chi connectivity index (χ0n) is 12.8. The summed E-state index contributed by atoms with van der Waals surface area (Å²) in [5.74, 6) is -0.455. The highest BCUT2D eigenvalue weighted by Gasteiger charge is 2.14. The van der Waals surface area contributed by atoms with E-state index in [-0.39, 0.29) is 12.1 Å². The largest absolute Gasteiger partial charge is 0.365 e. The Hall–Kier alpha value is -2.34. The molecule has 5 nitrogen and oxygen atoms in total. The van der Waals surface area contributed by atoms with Crippen molar-refractivity contribution in [1.82, 2.24) is 5.32 Å². The average molecular weight is 317 g/mol. The lowest BCUT2D eigenvalue weighted by molar-refractivity contribution is 0.100. The van der Waals surface area contributed by atoms with Crippen LogP contribution in [-0.2, 0) is 0 Å². The van der Waals surface area contributed by atoms with Gasteiger partial charge in [-0.25, -0.2) is 4.79 Å². The zero-order valence-corrected chi connectivity index (χ0v) is 13.6. The number of nitrogens with two attached hydrogens (primary N) is 1. The van der Waals surface area contributed by atoms with Crippen molar-refractivity contribution >= 4 is 29.0 Å². The lowest BCUT2D eigenvalue weighted by Gasteiger charge is -2.14. The van der Waals surface area contributed by atoms with Gasteiger partial charge in [0.05, 0.1) is 10.9 Å². The molecule has 1 aromatic heterocycles. The number of hydrogen-bond donors (Lipinski definition) is 3. The minimum absolute atomic E-state index is 0.205. The number of rotatable bonds is 4. The summed E-state index contributed by atoms with van der Waals surface area (Å²) in [6.07, 6.45) is 0. The van der Waals surface area contributed by atoms with Crippen molar-refractivity contribution in [3.05, 3.63) is 51.2 Å². The van der Waals surface area contributed by atoms with Gasteiger partial charge in [-0.15, -0.1) is 11.3 Å². The van der Waals surface area contributed by atoms with Gasteiger partial charge in [-0.1, -0.05) is 17.7 Å². The van der Waals surface area contributed by atoms with Crippen LogP contribution in [0.15, 0.2) is 30.3 Å². The maximum atomic E-state index is 12.1. The molecule has 0 radical (unpaired) electrons. The molecular weight excluding hydrogens is 298 g/mol. The second-order valence-corrected chi connectivity index (χ2v) is 6.32. The highest BCUT2D eigenvalue weighted by Crippen LogP contribution is 2.23. The number of hydrogen-bond acceptors (Lipinski definition) is 3. The Morgan fingerprint density at radius 3 is 2.50 bits per heavy atom. The summed E-state index contributed by atoms with van der Waals surface area (Å²) < 4.78 is 0. The van der Waals surface area contributed by atoms with Crippen molar-refractivity contribution in [1.29, 1.82) is 0 Å². The summed E-state index contributed by atoms with van der Waals surface area (Å²) in [5, 5.41) is 5.68. The molecule has 0 bridgehead atoms. The molecule has 1 aromatic carbocycles. The van der Waals surface area contributed by atoms with Crippen LogP contribution in [0.2, 0.25) is 0 Å².